The number of anilines is 3. The van der Waals surface area contributed by atoms with E-state index in [4.69, 9.17) is 4.74 Å². The molecule has 1 heterocycles. The van der Waals surface area contributed by atoms with Gasteiger partial charge in [0.25, 0.3) is 10.0 Å². The van der Waals surface area contributed by atoms with Crippen LogP contribution >= 0.6 is 0 Å². The predicted octanol–water partition coefficient (Wildman–Crippen LogP) is 4.56. The van der Waals surface area contributed by atoms with E-state index >= 15 is 0 Å². The number of carbonyl (C=O) groups is 2. The maximum absolute atomic E-state index is 14.1. The van der Waals surface area contributed by atoms with Crippen LogP contribution in [0.4, 0.5) is 17.1 Å². The summed E-state index contributed by atoms with van der Waals surface area (Å²) in [5.41, 5.74) is 3.20. The molecule has 36 heavy (non-hydrogen) atoms. The second kappa shape index (κ2) is 10.0. The Morgan fingerprint density at radius 1 is 1.03 bits per heavy atom. The largest absolute Gasteiger partial charge is 0.492 e. The van der Waals surface area contributed by atoms with Crippen LogP contribution in [0.3, 0.4) is 0 Å². The highest BCUT2D eigenvalue weighted by atomic mass is 32.2. The number of hydrogen-bond acceptors (Lipinski definition) is 5. The molecule has 8 nitrogen and oxygen atoms in total. The zero-order valence-electron chi connectivity index (χ0n) is 20.7. The molecule has 1 aliphatic rings. The summed E-state index contributed by atoms with van der Waals surface area (Å²) in [4.78, 5) is 26.4. The molecule has 0 fully saturated rings. The van der Waals surface area contributed by atoms with Crippen molar-refractivity contribution in [2.24, 2.45) is 0 Å². The number of rotatable bonds is 7. The van der Waals surface area contributed by atoms with Gasteiger partial charge in [0.15, 0.2) is 0 Å². The van der Waals surface area contributed by atoms with E-state index in [1.165, 1.54) is 0 Å². The first-order chi connectivity index (χ1) is 17.1. The first-order valence-corrected chi connectivity index (χ1v) is 13.1. The average Bonchev–Trinajstić information content (AvgIpc) is 2.80. The lowest BCUT2D eigenvalue weighted by molar-refractivity contribution is -0.122. The summed E-state index contributed by atoms with van der Waals surface area (Å²) in [6.07, 6.45) is -0.385. The molecule has 1 atom stereocenters. The Bertz CT molecular complexity index is 1410. The fraction of sp³-hybridized carbons (Fsp3) is 0.259. The number of carbonyl (C=O) groups excluding carboxylic acids is 2. The average molecular weight is 508 g/mol. The van der Waals surface area contributed by atoms with Crippen LogP contribution in [-0.4, -0.2) is 32.9 Å². The molecule has 9 heteroatoms. The lowest BCUT2D eigenvalue weighted by Crippen LogP contribution is -2.52. The van der Waals surface area contributed by atoms with Crippen molar-refractivity contribution < 1.29 is 22.7 Å². The second-order valence-corrected chi connectivity index (χ2v) is 10.5. The van der Waals surface area contributed by atoms with Crippen molar-refractivity contribution in [2.75, 3.05) is 21.5 Å². The van der Waals surface area contributed by atoms with E-state index in [2.05, 4.69) is 10.6 Å². The molecule has 2 amide bonds. The molecule has 1 aliphatic heterocycles. The third-order valence-corrected chi connectivity index (χ3v) is 8.08. The van der Waals surface area contributed by atoms with Gasteiger partial charge < -0.3 is 15.4 Å². The molecule has 1 unspecified atom stereocenters. The van der Waals surface area contributed by atoms with Crippen LogP contribution < -0.4 is 19.7 Å². The van der Waals surface area contributed by atoms with E-state index in [0.29, 0.717) is 40.5 Å². The van der Waals surface area contributed by atoms with Gasteiger partial charge in [-0.3, -0.25) is 13.9 Å². The van der Waals surface area contributed by atoms with Crippen molar-refractivity contribution in [3.63, 3.8) is 0 Å². The van der Waals surface area contributed by atoms with Crippen LogP contribution in [-0.2, 0) is 19.6 Å². The van der Waals surface area contributed by atoms with Gasteiger partial charge in [-0.25, -0.2) is 8.42 Å². The van der Waals surface area contributed by atoms with Crippen LogP contribution in [0.2, 0.25) is 0 Å². The lowest BCUT2D eigenvalue weighted by atomic mass is 10.1. The van der Waals surface area contributed by atoms with E-state index < -0.39 is 27.9 Å². The Morgan fingerprint density at radius 3 is 2.36 bits per heavy atom. The highest BCUT2D eigenvalue weighted by molar-refractivity contribution is 7.93. The van der Waals surface area contributed by atoms with Crippen molar-refractivity contribution in [3.8, 4) is 5.75 Å². The second-order valence-electron chi connectivity index (χ2n) is 8.73. The van der Waals surface area contributed by atoms with E-state index in [1.54, 1.807) is 74.5 Å². The highest BCUT2D eigenvalue weighted by Gasteiger charge is 2.43. The molecule has 4 rings (SSSR count). The summed E-state index contributed by atoms with van der Waals surface area (Å²) in [7, 11) is -4.20. The Labute approximate surface area is 211 Å². The van der Waals surface area contributed by atoms with Gasteiger partial charge >= 0.3 is 0 Å². The third-order valence-electron chi connectivity index (χ3n) is 5.95. The summed E-state index contributed by atoms with van der Waals surface area (Å²) in [5.74, 6) is -0.602. The molecule has 2 N–H and O–H groups in total. The number of fused-ring (bicyclic) bond motifs is 1. The maximum Gasteiger partial charge on any atom is 0.265 e. The molecule has 0 aromatic heterocycles. The van der Waals surface area contributed by atoms with Crippen molar-refractivity contribution in [2.45, 2.75) is 45.1 Å². The number of hydrogen-bond donors (Lipinski definition) is 2. The molecule has 3 aromatic carbocycles. The van der Waals surface area contributed by atoms with Crippen molar-refractivity contribution in [1.29, 1.82) is 0 Å². The first kappa shape index (κ1) is 25.2. The molecule has 0 aliphatic carbocycles. The minimum atomic E-state index is -4.20. The predicted molar refractivity (Wildman–Crippen MR) is 140 cm³/mol. The molecule has 3 aromatic rings. The Kier molecular flexibility index (Phi) is 7.03. The Morgan fingerprint density at radius 2 is 1.67 bits per heavy atom. The minimum Gasteiger partial charge on any atom is -0.492 e. The van der Waals surface area contributed by atoms with Crippen LogP contribution in [0.5, 0.6) is 5.75 Å². The smallest absolute Gasteiger partial charge is 0.265 e. The number of ether oxygens (including phenoxy) is 1. The summed E-state index contributed by atoms with van der Waals surface area (Å²) >= 11 is 0. The van der Waals surface area contributed by atoms with Crippen LogP contribution in [0.1, 0.15) is 30.0 Å². The minimum absolute atomic E-state index is 0.129. The number of sulfonamides is 1. The number of aryl methyl sites for hydroxylation is 3. The van der Waals surface area contributed by atoms with E-state index in [1.807, 2.05) is 13.8 Å². The number of nitrogens with one attached hydrogen (secondary N) is 2. The molecule has 0 radical (unpaired) electrons. The number of para-hydroxylation sites is 4. The number of benzene rings is 3. The SMILES string of the molecule is CCOc1ccccc1NC(=O)CC1C(=O)Nc2ccccc2N1S(=O)(=O)c1c(C)cc(C)cc1C. The van der Waals surface area contributed by atoms with Gasteiger partial charge in [-0.15, -0.1) is 0 Å². The topological polar surface area (TPSA) is 105 Å². The molecule has 0 spiro atoms. The zero-order valence-corrected chi connectivity index (χ0v) is 21.5. The van der Waals surface area contributed by atoms with Crippen LogP contribution in [0.25, 0.3) is 0 Å². The molecule has 0 saturated heterocycles. The zero-order chi connectivity index (χ0) is 26.0. The highest BCUT2D eigenvalue weighted by Crippen LogP contribution is 2.39. The van der Waals surface area contributed by atoms with Gasteiger partial charge in [0.05, 0.1) is 35.0 Å². The Balaban J connectivity index is 1.76. The van der Waals surface area contributed by atoms with Gasteiger partial charge in [-0.05, 0) is 63.1 Å². The van der Waals surface area contributed by atoms with Crippen molar-refractivity contribution in [3.05, 3.63) is 77.4 Å². The van der Waals surface area contributed by atoms with Crippen molar-refractivity contribution in [1.82, 2.24) is 0 Å². The van der Waals surface area contributed by atoms with Gasteiger partial charge in [0, 0.05) is 0 Å². The van der Waals surface area contributed by atoms with Gasteiger partial charge in [-0.1, -0.05) is 42.0 Å². The quantitative estimate of drug-likeness (QED) is 0.488. The summed E-state index contributed by atoms with van der Waals surface area (Å²) < 4.78 is 34.9. The fourth-order valence-corrected chi connectivity index (χ4v) is 6.69. The van der Waals surface area contributed by atoms with Crippen LogP contribution in [0.15, 0.2) is 65.6 Å². The number of amides is 2. The normalized spacial score (nSPS) is 15.2. The molecular weight excluding hydrogens is 478 g/mol. The van der Waals surface area contributed by atoms with Crippen molar-refractivity contribution >= 4 is 38.9 Å². The third kappa shape index (κ3) is 4.79. The first-order valence-electron chi connectivity index (χ1n) is 11.7. The standard InChI is InChI=1S/C27H29N3O5S/c1-5-35-24-13-9-7-11-21(24)28-25(31)16-23-27(32)29-20-10-6-8-12-22(20)30(23)36(33,34)26-18(3)14-17(2)15-19(26)4/h6-15,23H,5,16H2,1-4H3,(H,28,31)(H,29,32). The summed E-state index contributed by atoms with van der Waals surface area (Å²) in [5, 5.41) is 5.52. The van der Waals surface area contributed by atoms with E-state index in [-0.39, 0.29) is 11.3 Å². The molecule has 0 bridgehead atoms. The maximum atomic E-state index is 14.1. The summed E-state index contributed by atoms with van der Waals surface area (Å²) in [6.45, 7) is 7.60. The molecular formula is C27H29N3O5S. The molecule has 188 valence electrons. The lowest BCUT2D eigenvalue weighted by Gasteiger charge is -2.37. The number of nitrogens with zero attached hydrogens (tertiary/aromatic N) is 1. The Hall–Kier alpha value is -3.85. The monoisotopic (exact) mass is 507 g/mol. The van der Waals surface area contributed by atoms with E-state index in [0.717, 1.165) is 9.87 Å². The van der Waals surface area contributed by atoms with Gasteiger partial charge in [0.1, 0.15) is 11.8 Å². The van der Waals surface area contributed by atoms with E-state index in [9.17, 15) is 18.0 Å². The van der Waals surface area contributed by atoms with Gasteiger partial charge in [0.2, 0.25) is 11.8 Å². The summed E-state index contributed by atoms with van der Waals surface area (Å²) in [6, 6.07) is 15.9. The fourth-order valence-electron chi connectivity index (χ4n) is 4.63. The molecule has 0 saturated carbocycles. The van der Waals surface area contributed by atoms with Crippen LogP contribution in [0, 0.1) is 20.8 Å². The van der Waals surface area contributed by atoms with Gasteiger partial charge in [-0.2, -0.15) is 0 Å².